The molecule has 0 bridgehead atoms. The van der Waals surface area contributed by atoms with E-state index >= 15 is 0 Å². The van der Waals surface area contributed by atoms with Crippen LogP contribution in [0.25, 0.3) is 17.2 Å². The Kier molecular flexibility index (Phi) is 4.97. The molecule has 3 fully saturated rings. The number of aryl methyl sites for hydroxylation is 1. The first-order valence-electron chi connectivity index (χ1n) is 11.5. The minimum absolute atomic E-state index is 0.274. The Morgan fingerprint density at radius 2 is 1.94 bits per heavy atom. The smallest absolute Gasteiger partial charge is 0.167 e. The van der Waals surface area contributed by atoms with Crippen LogP contribution in [0.15, 0.2) is 29.5 Å². The number of imidazole rings is 1. The Morgan fingerprint density at radius 3 is 2.73 bits per heavy atom. The van der Waals surface area contributed by atoms with E-state index < -0.39 is 12.0 Å². The lowest BCUT2D eigenvalue weighted by molar-refractivity contribution is -0.191. The van der Waals surface area contributed by atoms with Crippen LogP contribution >= 0.6 is 0 Å². The monoisotopic (exact) mass is 452 g/mol. The summed E-state index contributed by atoms with van der Waals surface area (Å²) in [6.07, 6.45) is 12.2. The van der Waals surface area contributed by atoms with E-state index in [1.807, 2.05) is 37.5 Å². The summed E-state index contributed by atoms with van der Waals surface area (Å²) in [7, 11) is 0. The molecular formula is C23H28N6O4. The Hall–Kier alpha value is -2.82. The van der Waals surface area contributed by atoms with E-state index in [1.54, 1.807) is 18.9 Å². The van der Waals surface area contributed by atoms with Gasteiger partial charge in [-0.2, -0.15) is 0 Å². The molecule has 2 saturated heterocycles. The van der Waals surface area contributed by atoms with Crippen LogP contribution in [0.3, 0.4) is 0 Å². The predicted octanol–water partition coefficient (Wildman–Crippen LogP) is 3.61. The van der Waals surface area contributed by atoms with Crippen molar-refractivity contribution in [3.8, 4) is 0 Å². The van der Waals surface area contributed by atoms with Gasteiger partial charge in [-0.25, -0.2) is 15.0 Å². The number of anilines is 1. The number of rotatable bonds is 5. The van der Waals surface area contributed by atoms with E-state index in [0.29, 0.717) is 11.7 Å². The maximum absolute atomic E-state index is 6.43. The van der Waals surface area contributed by atoms with Crippen LogP contribution in [0.4, 0.5) is 5.82 Å². The number of aromatic nitrogens is 5. The quantitative estimate of drug-likeness (QED) is 0.621. The molecule has 174 valence electrons. The summed E-state index contributed by atoms with van der Waals surface area (Å²) in [5.41, 5.74) is 3.17. The average Bonchev–Trinajstić information content (AvgIpc) is 3.58. The van der Waals surface area contributed by atoms with Crippen molar-refractivity contribution in [1.82, 2.24) is 24.7 Å². The van der Waals surface area contributed by atoms with Gasteiger partial charge in [0.1, 0.15) is 36.6 Å². The number of nitrogens with one attached hydrogen (secondary N) is 1. The molecule has 0 amide bonds. The van der Waals surface area contributed by atoms with Gasteiger partial charge in [-0.1, -0.05) is 24.1 Å². The maximum Gasteiger partial charge on any atom is 0.167 e. The van der Waals surface area contributed by atoms with Crippen molar-refractivity contribution in [3.63, 3.8) is 0 Å². The van der Waals surface area contributed by atoms with Gasteiger partial charge in [0.25, 0.3) is 0 Å². The fourth-order valence-corrected chi connectivity index (χ4v) is 5.04. The van der Waals surface area contributed by atoms with Crippen LogP contribution in [-0.2, 0) is 14.2 Å². The summed E-state index contributed by atoms with van der Waals surface area (Å²) in [5, 5.41) is 7.57. The first-order chi connectivity index (χ1) is 16.0. The van der Waals surface area contributed by atoms with Gasteiger partial charge in [0.05, 0.1) is 6.33 Å². The van der Waals surface area contributed by atoms with E-state index in [9.17, 15) is 0 Å². The van der Waals surface area contributed by atoms with Crippen molar-refractivity contribution >= 4 is 23.1 Å². The molecule has 3 aromatic heterocycles. The Labute approximate surface area is 191 Å². The molecule has 0 radical (unpaired) electrons. The van der Waals surface area contributed by atoms with Crippen molar-refractivity contribution < 1.29 is 18.7 Å². The van der Waals surface area contributed by atoms with Gasteiger partial charge in [-0.15, -0.1) is 0 Å². The van der Waals surface area contributed by atoms with E-state index in [0.717, 1.165) is 35.4 Å². The van der Waals surface area contributed by atoms with Gasteiger partial charge >= 0.3 is 0 Å². The van der Waals surface area contributed by atoms with Crippen molar-refractivity contribution in [3.05, 3.63) is 36.3 Å². The Bertz CT molecular complexity index is 1180. The zero-order valence-corrected chi connectivity index (χ0v) is 19.0. The van der Waals surface area contributed by atoms with E-state index in [-0.39, 0.29) is 18.3 Å². The molecule has 1 aliphatic carbocycles. The van der Waals surface area contributed by atoms with Crippen LogP contribution in [0.5, 0.6) is 0 Å². The average molecular weight is 453 g/mol. The second kappa shape index (κ2) is 7.89. The predicted molar refractivity (Wildman–Crippen MR) is 119 cm³/mol. The maximum atomic E-state index is 6.43. The van der Waals surface area contributed by atoms with Crippen LogP contribution < -0.4 is 5.32 Å². The molecule has 3 aromatic rings. The minimum Gasteiger partial charge on any atom is -0.365 e. The van der Waals surface area contributed by atoms with E-state index in [4.69, 9.17) is 18.7 Å². The van der Waals surface area contributed by atoms with Gasteiger partial charge in [0, 0.05) is 11.6 Å². The molecular weight excluding hydrogens is 424 g/mol. The summed E-state index contributed by atoms with van der Waals surface area (Å²) in [5.74, 6) is 0.0513. The molecule has 2 aliphatic heterocycles. The van der Waals surface area contributed by atoms with Crippen LogP contribution in [0.2, 0.25) is 0 Å². The van der Waals surface area contributed by atoms with Crippen LogP contribution in [0.1, 0.15) is 57.0 Å². The van der Waals surface area contributed by atoms with Gasteiger partial charge in [0.15, 0.2) is 29.0 Å². The largest absolute Gasteiger partial charge is 0.365 e. The third-order valence-electron chi connectivity index (χ3n) is 6.62. The summed E-state index contributed by atoms with van der Waals surface area (Å²) < 4.78 is 25.9. The molecule has 1 N–H and O–H groups in total. The highest BCUT2D eigenvalue weighted by Crippen LogP contribution is 2.44. The van der Waals surface area contributed by atoms with Gasteiger partial charge in [0.2, 0.25) is 0 Å². The van der Waals surface area contributed by atoms with Gasteiger partial charge in [-0.3, -0.25) is 4.57 Å². The number of hydrogen-bond donors (Lipinski definition) is 1. The molecule has 0 aromatic carbocycles. The number of hydrogen-bond acceptors (Lipinski definition) is 9. The summed E-state index contributed by atoms with van der Waals surface area (Å²) >= 11 is 0. The Morgan fingerprint density at radius 1 is 1.12 bits per heavy atom. The molecule has 0 spiro atoms. The second-order valence-corrected chi connectivity index (χ2v) is 9.47. The van der Waals surface area contributed by atoms with Crippen LogP contribution in [-0.4, -0.2) is 54.8 Å². The lowest BCUT2D eigenvalue weighted by atomic mass is 10.1. The van der Waals surface area contributed by atoms with Crippen molar-refractivity contribution in [1.29, 1.82) is 0 Å². The number of fused-ring (bicyclic) bond motifs is 2. The highest BCUT2D eigenvalue weighted by molar-refractivity contribution is 5.82. The topological polar surface area (TPSA) is 109 Å². The summed E-state index contributed by atoms with van der Waals surface area (Å²) in [6.45, 7) is 5.79. The molecule has 10 nitrogen and oxygen atoms in total. The van der Waals surface area contributed by atoms with E-state index in [2.05, 4.69) is 25.4 Å². The molecule has 4 atom stereocenters. The van der Waals surface area contributed by atoms with Gasteiger partial charge < -0.3 is 24.1 Å². The fourth-order valence-electron chi connectivity index (χ4n) is 5.04. The highest BCUT2D eigenvalue weighted by Gasteiger charge is 2.55. The molecule has 33 heavy (non-hydrogen) atoms. The molecule has 6 rings (SSSR count). The first-order valence-corrected chi connectivity index (χ1v) is 11.5. The van der Waals surface area contributed by atoms with Crippen molar-refractivity contribution in [2.24, 2.45) is 0 Å². The first kappa shape index (κ1) is 20.8. The molecule has 1 saturated carbocycles. The van der Waals surface area contributed by atoms with Crippen molar-refractivity contribution in [2.45, 2.75) is 82.8 Å². The number of nitrogens with zero attached hydrogens (tertiary/aromatic N) is 5. The molecule has 4 unspecified atom stereocenters. The van der Waals surface area contributed by atoms with Gasteiger partial charge in [-0.05, 0) is 39.7 Å². The molecule has 5 heterocycles. The standard InChI is InChI=1S/C23H28N6O4/c1-13-10-30-28-15(13)8-9-16-18-19(33-23(2,3)32-18)22(31-16)29-12-26-17-20(24-11-25-21(17)29)27-14-6-4-5-7-14/h8-12,14,16,18-19,22H,4-7H2,1-3H3,(H,24,25,27). The SMILES string of the molecule is Cc1conc1C=CC1OC(n2cnc3c(NC4CCCC4)ncnc32)C2OC(C)(C)OC12. The summed E-state index contributed by atoms with van der Waals surface area (Å²) in [4.78, 5) is 13.6. The molecule has 3 aliphatic rings. The van der Waals surface area contributed by atoms with Crippen molar-refractivity contribution in [2.75, 3.05) is 5.32 Å². The van der Waals surface area contributed by atoms with E-state index in [1.165, 1.54) is 12.8 Å². The highest BCUT2D eigenvalue weighted by atomic mass is 16.8. The fraction of sp³-hybridized carbons (Fsp3) is 0.565. The lowest BCUT2D eigenvalue weighted by Crippen LogP contribution is -2.28. The second-order valence-electron chi connectivity index (χ2n) is 9.47. The minimum atomic E-state index is -0.714. The third-order valence-corrected chi connectivity index (χ3v) is 6.62. The zero-order valence-electron chi connectivity index (χ0n) is 19.0. The van der Waals surface area contributed by atoms with Crippen LogP contribution in [0, 0.1) is 6.92 Å². The number of ether oxygens (including phenoxy) is 3. The Balaban J connectivity index is 1.32. The summed E-state index contributed by atoms with van der Waals surface area (Å²) in [6, 6.07) is 0.433. The normalized spacial score (nSPS) is 29.4. The molecule has 10 heteroatoms. The third kappa shape index (κ3) is 3.71. The zero-order chi connectivity index (χ0) is 22.6. The lowest BCUT2D eigenvalue weighted by Gasteiger charge is -2.24.